The van der Waals surface area contributed by atoms with Gasteiger partial charge in [-0.25, -0.2) is 0 Å². The fourth-order valence-electron chi connectivity index (χ4n) is 4.16. The molecule has 0 spiro atoms. The van der Waals surface area contributed by atoms with Gasteiger partial charge in [0.05, 0.1) is 25.7 Å². The molecule has 31 heavy (non-hydrogen) atoms. The van der Waals surface area contributed by atoms with E-state index in [1.165, 1.54) is 0 Å². The number of amides is 2. The fourth-order valence-corrected chi connectivity index (χ4v) is 4.16. The van der Waals surface area contributed by atoms with Crippen LogP contribution in [-0.4, -0.2) is 54.4 Å². The van der Waals surface area contributed by atoms with Crippen LogP contribution >= 0.6 is 0 Å². The van der Waals surface area contributed by atoms with Crippen molar-refractivity contribution in [1.29, 1.82) is 0 Å². The summed E-state index contributed by atoms with van der Waals surface area (Å²) in [5.41, 5.74) is 1.86. The molecule has 1 heterocycles. The average Bonchev–Trinajstić information content (AvgIpc) is 3.29. The number of methoxy groups -OCH3 is 1. The second-order valence-corrected chi connectivity index (χ2v) is 8.02. The Bertz CT molecular complexity index is 871. The molecule has 0 saturated carbocycles. The molecule has 1 aliphatic rings. The maximum Gasteiger partial charge on any atom is 0.241 e. The van der Waals surface area contributed by atoms with Gasteiger partial charge >= 0.3 is 0 Å². The van der Waals surface area contributed by atoms with Crippen molar-refractivity contribution in [3.05, 3.63) is 60.2 Å². The summed E-state index contributed by atoms with van der Waals surface area (Å²) in [5.74, 6) is 0.770. The van der Waals surface area contributed by atoms with Crippen molar-refractivity contribution in [2.75, 3.05) is 32.1 Å². The molecule has 2 aromatic rings. The van der Waals surface area contributed by atoms with E-state index in [-0.39, 0.29) is 24.4 Å². The van der Waals surface area contributed by atoms with Crippen molar-refractivity contribution in [2.24, 2.45) is 0 Å². The third-order valence-electron chi connectivity index (χ3n) is 5.87. The first kappa shape index (κ1) is 22.8. The number of benzene rings is 2. The van der Waals surface area contributed by atoms with Crippen molar-refractivity contribution in [3.63, 3.8) is 0 Å². The molecule has 2 atom stereocenters. The molecule has 1 aliphatic heterocycles. The molecule has 166 valence electrons. The second-order valence-electron chi connectivity index (χ2n) is 8.02. The van der Waals surface area contributed by atoms with E-state index in [0.29, 0.717) is 6.54 Å². The van der Waals surface area contributed by atoms with Crippen LogP contribution < -0.4 is 10.1 Å². The number of para-hydroxylation sites is 1. The van der Waals surface area contributed by atoms with E-state index in [1.54, 1.807) is 7.11 Å². The minimum Gasteiger partial charge on any atom is -0.497 e. The SMILES string of the molecule is CCCN(CC(=O)N1CCCC1c1cccc(OC)c1)C(C)C(=O)Nc1ccccc1. The molecule has 0 aliphatic carbocycles. The number of carbonyl (C=O) groups excluding carboxylic acids is 2. The van der Waals surface area contributed by atoms with Gasteiger partial charge in [-0.15, -0.1) is 0 Å². The average molecular weight is 424 g/mol. The minimum atomic E-state index is -0.401. The lowest BCUT2D eigenvalue weighted by atomic mass is 10.0. The van der Waals surface area contributed by atoms with Gasteiger partial charge in [-0.05, 0) is 62.6 Å². The predicted molar refractivity (Wildman–Crippen MR) is 123 cm³/mol. The third-order valence-corrected chi connectivity index (χ3v) is 5.87. The first-order valence-corrected chi connectivity index (χ1v) is 11.1. The summed E-state index contributed by atoms with van der Waals surface area (Å²) in [6, 6.07) is 17.0. The highest BCUT2D eigenvalue weighted by Gasteiger charge is 2.32. The monoisotopic (exact) mass is 423 g/mol. The lowest BCUT2D eigenvalue weighted by Crippen LogP contribution is -2.48. The van der Waals surface area contributed by atoms with E-state index in [2.05, 4.69) is 18.3 Å². The fraction of sp³-hybridized carbons (Fsp3) is 0.440. The number of carbonyl (C=O) groups is 2. The minimum absolute atomic E-state index is 0.0551. The Kier molecular flexibility index (Phi) is 8.06. The molecule has 6 nitrogen and oxygen atoms in total. The number of hydrogen-bond acceptors (Lipinski definition) is 4. The van der Waals surface area contributed by atoms with E-state index in [4.69, 9.17) is 4.74 Å². The van der Waals surface area contributed by atoms with Crippen LogP contribution in [0.3, 0.4) is 0 Å². The van der Waals surface area contributed by atoms with Gasteiger partial charge in [0, 0.05) is 12.2 Å². The second kappa shape index (κ2) is 11.0. The first-order chi connectivity index (χ1) is 15.0. The number of nitrogens with zero attached hydrogens (tertiary/aromatic N) is 2. The molecular weight excluding hydrogens is 390 g/mol. The quantitative estimate of drug-likeness (QED) is 0.660. The summed E-state index contributed by atoms with van der Waals surface area (Å²) in [4.78, 5) is 30.0. The molecule has 1 N–H and O–H groups in total. The Morgan fingerprint density at radius 2 is 1.97 bits per heavy atom. The van der Waals surface area contributed by atoms with Gasteiger partial charge < -0.3 is 15.0 Å². The van der Waals surface area contributed by atoms with Gasteiger partial charge in [0.1, 0.15) is 5.75 Å². The highest BCUT2D eigenvalue weighted by molar-refractivity contribution is 5.95. The molecule has 0 radical (unpaired) electrons. The summed E-state index contributed by atoms with van der Waals surface area (Å²) >= 11 is 0. The number of hydrogen-bond donors (Lipinski definition) is 1. The van der Waals surface area contributed by atoms with E-state index < -0.39 is 6.04 Å². The standard InChI is InChI=1S/C25H33N3O3/c1-4-15-27(19(2)25(30)26-21-11-6-5-7-12-21)18-24(29)28-16-9-14-23(28)20-10-8-13-22(17-20)31-3/h5-8,10-13,17,19,23H,4,9,14-16,18H2,1-3H3,(H,26,30). The molecule has 2 amide bonds. The van der Waals surface area contributed by atoms with Crippen LogP contribution in [0.2, 0.25) is 0 Å². The molecule has 1 fully saturated rings. The Morgan fingerprint density at radius 3 is 2.68 bits per heavy atom. The molecular formula is C25H33N3O3. The summed E-state index contributed by atoms with van der Waals surface area (Å²) < 4.78 is 5.36. The Morgan fingerprint density at radius 1 is 1.19 bits per heavy atom. The van der Waals surface area contributed by atoms with Gasteiger partial charge in [0.15, 0.2) is 0 Å². The molecule has 0 bridgehead atoms. The predicted octanol–water partition coefficient (Wildman–Crippen LogP) is 4.10. The van der Waals surface area contributed by atoms with Crippen LogP contribution in [0.15, 0.2) is 54.6 Å². The van der Waals surface area contributed by atoms with Gasteiger partial charge in [-0.1, -0.05) is 37.3 Å². The molecule has 6 heteroatoms. The van der Waals surface area contributed by atoms with Crippen LogP contribution in [-0.2, 0) is 9.59 Å². The van der Waals surface area contributed by atoms with Gasteiger partial charge in [-0.3, -0.25) is 14.5 Å². The highest BCUT2D eigenvalue weighted by atomic mass is 16.5. The van der Waals surface area contributed by atoms with Crippen LogP contribution in [0.5, 0.6) is 5.75 Å². The van der Waals surface area contributed by atoms with Crippen molar-refractivity contribution >= 4 is 17.5 Å². The van der Waals surface area contributed by atoms with E-state index in [1.807, 2.05) is 65.3 Å². The zero-order chi connectivity index (χ0) is 22.2. The Labute approximate surface area is 185 Å². The van der Waals surface area contributed by atoms with E-state index >= 15 is 0 Å². The third kappa shape index (κ3) is 5.85. The zero-order valence-corrected chi connectivity index (χ0v) is 18.7. The van der Waals surface area contributed by atoms with Crippen molar-refractivity contribution in [3.8, 4) is 5.75 Å². The van der Waals surface area contributed by atoms with Crippen molar-refractivity contribution < 1.29 is 14.3 Å². The number of ether oxygens (including phenoxy) is 1. The van der Waals surface area contributed by atoms with Crippen LogP contribution in [0.4, 0.5) is 5.69 Å². The van der Waals surface area contributed by atoms with Crippen LogP contribution in [0.1, 0.15) is 44.7 Å². The summed E-state index contributed by atoms with van der Waals surface area (Å²) in [5, 5.41) is 2.95. The van der Waals surface area contributed by atoms with E-state index in [0.717, 1.165) is 42.8 Å². The maximum absolute atomic E-state index is 13.3. The number of likely N-dealkylation sites (tertiary alicyclic amines) is 1. The molecule has 2 unspecified atom stereocenters. The summed E-state index contributed by atoms with van der Waals surface area (Å²) in [6.07, 6.45) is 2.79. The molecule has 0 aromatic heterocycles. The smallest absolute Gasteiger partial charge is 0.241 e. The lowest BCUT2D eigenvalue weighted by Gasteiger charge is -2.31. The van der Waals surface area contributed by atoms with Crippen LogP contribution in [0, 0.1) is 0 Å². The molecule has 1 saturated heterocycles. The topological polar surface area (TPSA) is 61.9 Å². The van der Waals surface area contributed by atoms with Gasteiger partial charge in [-0.2, -0.15) is 0 Å². The Hall–Kier alpha value is -2.86. The highest BCUT2D eigenvalue weighted by Crippen LogP contribution is 2.33. The van der Waals surface area contributed by atoms with Crippen molar-refractivity contribution in [1.82, 2.24) is 9.80 Å². The van der Waals surface area contributed by atoms with Crippen molar-refractivity contribution in [2.45, 2.75) is 45.2 Å². The maximum atomic E-state index is 13.3. The lowest BCUT2D eigenvalue weighted by molar-refractivity contribution is -0.134. The van der Waals surface area contributed by atoms with Crippen LogP contribution in [0.25, 0.3) is 0 Å². The number of rotatable bonds is 9. The summed E-state index contributed by atoms with van der Waals surface area (Å²) in [7, 11) is 1.65. The van der Waals surface area contributed by atoms with E-state index in [9.17, 15) is 9.59 Å². The first-order valence-electron chi connectivity index (χ1n) is 11.1. The zero-order valence-electron chi connectivity index (χ0n) is 18.7. The summed E-state index contributed by atoms with van der Waals surface area (Å²) in [6.45, 7) is 5.59. The largest absolute Gasteiger partial charge is 0.497 e. The van der Waals surface area contributed by atoms with Gasteiger partial charge in [0.25, 0.3) is 0 Å². The number of anilines is 1. The molecule has 3 rings (SSSR count). The molecule has 2 aromatic carbocycles. The normalized spacial score (nSPS) is 16.9. The van der Waals surface area contributed by atoms with Gasteiger partial charge in [0.2, 0.25) is 11.8 Å². The number of nitrogens with one attached hydrogen (secondary N) is 1. The Balaban J connectivity index is 1.68.